The number of methoxy groups -OCH3 is 1. The second-order valence-corrected chi connectivity index (χ2v) is 5.33. The molecule has 2 aliphatic rings. The molecule has 1 heterocycles. The van der Waals surface area contributed by atoms with Crippen molar-refractivity contribution in [3.63, 3.8) is 0 Å². The second-order valence-electron chi connectivity index (χ2n) is 5.33. The monoisotopic (exact) mass is 240 g/mol. The minimum atomic E-state index is -0.777. The minimum absolute atomic E-state index is 0.0363. The first-order chi connectivity index (χ1) is 7.98. The number of rotatable bonds is 4. The average Bonchev–Trinajstić information content (AvgIpc) is 3.07. The van der Waals surface area contributed by atoms with Crippen molar-refractivity contribution in [3.8, 4) is 0 Å². The molecule has 2 fully saturated rings. The van der Waals surface area contributed by atoms with E-state index in [0.717, 1.165) is 12.8 Å². The zero-order valence-corrected chi connectivity index (χ0v) is 10.7. The Balaban J connectivity index is 2.16. The SMILES string of the molecule is COCCN1C(=O)C(C2CC2)NC(=O)C1(C)C. The molecule has 1 aliphatic heterocycles. The Morgan fingerprint density at radius 3 is 2.59 bits per heavy atom. The Morgan fingerprint density at radius 2 is 2.06 bits per heavy atom. The van der Waals surface area contributed by atoms with E-state index in [9.17, 15) is 9.59 Å². The van der Waals surface area contributed by atoms with Crippen molar-refractivity contribution >= 4 is 11.8 Å². The molecule has 0 spiro atoms. The maximum Gasteiger partial charge on any atom is 0.246 e. The molecule has 0 aromatic heterocycles. The normalized spacial score (nSPS) is 28.2. The molecule has 0 aromatic rings. The standard InChI is InChI=1S/C12H20N2O3/c1-12(2)11(16)13-9(8-4-5-8)10(15)14(12)6-7-17-3/h8-9H,4-7H2,1-3H3,(H,13,16). The zero-order valence-electron chi connectivity index (χ0n) is 10.7. The summed E-state index contributed by atoms with van der Waals surface area (Å²) >= 11 is 0. The molecule has 1 N–H and O–H groups in total. The van der Waals surface area contributed by atoms with Crippen LogP contribution in [-0.2, 0) is 14.3 Å². The van der Waals surface area contributed by atoms with Crippen molar-refractivity contribution in [2.75, 3.05) is 20.3 Å². The molecule has 0 aromatic carbocycles. The molecule has 2 rings (SSSR count). The molecule has 1 saturated heterocycles. The molecule has 1 unspecified atom stereocenters. The first kappa shape index (κ1) is 12.4. The summed E-state index contributed by atoms with van der Waals surface area (Å²) in [6, 6.07) is -0.313. The van der Waals surface area contributed by atoms with Crippen LogP contribution in [0.2, 0.25) is 0 Å². The van der Waals surface area contributed by atoms with Gasteiger partial charge in [0.25, 0.3) is 0 Å². The van der Waals surface area contributed by atoms with E-state index in [1.807, 2.05) is 0 Å². The van der Waals surface area contributed by atoms with Gasteiger partial charge in [0.2, 0.25) is 11.8 Å². The molecule has 17 heavy (non-hydrogen) atoms. The van der Waals surface area contributed by atoms with Gasteiger partial charge in [-0.05, 0) is 32.6 Å². The van der Waals surface area contributed by atoms with Crippen LogP contribution in [0.25, 0.3) is 0 Å². The lowest BCUT2D eigenvalue weighted by atomic mass is 9.94. The summed E-state index contributed by atoms with van der Waals surface area (Å²) in [5, 5.41) is 2.85. The summed E-state index contributed by atoms with van der Waals surface area (Å²) in [5.41, 5.74) is -0.777. The molecule has 96 valence electrons. The summed E-state index contributed by atoms with van der Waals surface area (Å²) in [7, 11) is 1.60. The van der Waals surface area contributed by atoms with Gasteiger partial charge in [-0.15, -0.1) is 0 Å². The molecule has 0 bridgehead atoms. The predicted molar refractivity (Wildman–Crippen MR) is 62.3 cm³/mol. The van der Waals surface area contributed by atoms with E-state index in [0.29, 0.717) is 19.1 Å². The highest BCUT2D eigenvalue weighted by molar-refractivity contribution is 5.99. The second kappa shape index (κ2) is 4.29. The fraction of sp³-hybridized carbons (Fsp3) is 0.833. The Labute approximate surface area is 101 Å². The van der Waals surface area contributed by atoms with Crippen molar-refractivity contribution in [3.05, 3.63) is 0 Å². The molecular formula is C12H20N2O3. The summed E-state index contributed by atoms with van der Waals surface area (Å²) in [5.74, 6) is 0.312. The number of carbonyl (C=O) groups excluding carboxylic acids is 2. The molecule has 2 amide bonds. The Bertz CT molecular complexity index is 337. The van der Waals surface area contributed by atoms with Crippen molar-refractivity contribution in [1.82, 2.24) is 10.2 Å². The number of amides is 2. The van der Waals surface area contributed by atoms with Gasteiger partial charge in [0, 0.05) is 13.7 Å². The predicted octanol–water partition coefficient (Wildman–Crippen LogP) is 0.148. The number of piperazine rings is 1. The van der Waals surface area contributed by atoms with Gasteiger partial charge < -0.3 is 15.0 Å². The van der Waals surface area contributed by atoms with Crippen LogP contribution in [0.1, 0.15) is 26.7 Å². The lowest BCUT2D eigenvalue weighted by molar-refractivity contribution is -0.156. The highest BCUT2D eigenvalue weighted by Crippen LogP contribution is 2.36. The van der Waals surface area contributed by atoms with Gasteiger partial charge in [0.05, 0.1) is 6.61 Å². The summed E-state index contributed by atoms with van der Waals surface area (Å²) in [4.78, 5) is 26.0. The van der Waals surface area contributed by atoms with Gasteiger partial charge in [-0.25, -0.2) is 0 Å². The number of ether oxygens (including phenoxy) is 1. The smallest absolute Gasteiger partial charge is 0.246 e. The fourth-order valence-electron chi connectivity index (χ4n) is 2.27. The van der Waals surface area contributed by atoms with E-state index in [-0.39, 0.29) is 17.9 Å². The maximum absolute atomic E-state index is 12.3. The maximum atomic E-state index is 12.3. The summed E-state index contributed by atoms with van der Waals surface area (Å²) < 4.78 is 5.01. The van der Waals surface area contributed by atoms with Crippen LogP contribution < -0.4 is 5.32 Å². The number of hydrogen-bond donors (Lipinski definition) is 1. The summed E-state index contributed by atoms with van der Waals surface area (Å²) in [6.07, 6.45) is 2.07. The third kappa shape index (κ3) is 2.16. The van der Waals surface area contributed by atoms with Crippen LogP contribution in [0.5, 0.6) is 0 Å². The molecular weight excluding hydrogens is 220 g/mol. The number of nitrogens with one attached hydrogen (secondary N) is 1. The molecule has 1 saturated carbocycles. The van der Waals surface area contributed by atoms with Gasteiger partial charge >= 0.3 is 0 Å². The zero-order chi connectivity index (χ0) is 12.6. The molecule has 0 radical (unpaired) electrons. The third-order valence-electron chi connectivity index (χ3n) is 3.66. The van der Waals surface area contributed by atoms with Crippen molar-refractivity contribution in [2.45, 2.75) is 38.3 Å². The highest BCUT2D eigenvalue weighted by Gasteiger charge is 2.50. The van der Waals surface area contributed by atoms with Gasteiger partial charge in [0.1, 0.15) is 11.6 Å². The van der Waals surface area contributed by atoms with Gasteiger partial charge in [-0.3, -0.25) is 9.59 Å². The average molecular weight is 240 g/mol. The van der Waals surface area contributed by atoms with Gasteiger partial charge in [-0.2, -0.15) is 0 Å². The topological polar surface area (TPSA) is 58.6 Å². The van der Waals surface area contributed by atoms with E-state index in [2.05, 4.69) is 5.32 Å². The Hall–Kier alpha value is -1.10. The quantitative estimate of drug-likeness (QED) is 0.761. The van der Waals surface area contributed by atoms with Crippen LogP contribution in [0, 0.1) is 5.92 Å². The van der Waals surface area contributed by atoms with Crippen LogP contribution in [0.4, 0.5) is 0 Å². The number of nitrogens with zero attached hydrogens (tertiary/aromatic N) is 1. The van der Waals surface area contributed by atoms with Crippen molar-refractivity contribution in [1.29, 1.82) is 0 Å². The van der Waals surface area contributed by atoms with Crippen LogP contribution >= 0.6 is 0 Å². The lowest BCUT2D eigenvalue weighted by Crippen LogP contribution is -2.69. The third-order valence-corrected chi connectivity index (χ3v) is 3.66. The largest absolute Gasteiger partial charge is 0.383 e. The number of carbonyl (C=O) groups is 2. The number of hydrogen-bond acceptors (Lipinski definition) is 3. The van der Waals surface area contributed by atoms with Gasteiger partial charge in [0.15, 0.2) is 0 Å². The van der Waals surface area contributed by atoms with Crippen LogP contribution in [-0.4, -0.2) is 48.6 Å². The highest BCUT2D eigenvalue weighted by atomic mass is 16.5. The minimum Gasteiger partial charge on any atom is -0.383 e. The fourth-order valence-corrected chi connectivity index (χ4v) is 2.27. The first-order valence-corrected chi connectivity index (χ1v) is 6.10. The van der Waals surface area contributed by atoms with Crippen molar-refractivity contribution < 1.29 is 14.3 Å². The first-order valence-electron chi connectivity index (χ1n) is 6.10. The van der Waals surface area contributed by atoms with E-state index in [1.165, 1.54) is 0 Å². The lowest BCUT2D eigenvalue weighted by Gasteiger charge is -2.44. The molecule has 5 heteroatoms. The molecule has 1 aliphatic carbocycles. The molecule has 1 atom stereocenters. The Kier molecular flexibility index (Phi) is 3.12. The molecule has 5 nitrogen and oxygen atoms in total. The van der Waals surface area contributed by atoms with Gasteiger partial charge in [-0.1, -0.05) is 0 Å². The van der Waals surface area contributed by atoms with Crippen LogP contribution in [0.3, 0.4) is 0 Å². The van der Waals surface area contributed by atoms with E-state index >= 15 is 0 Å². The Morgan fingerprint density at radius 1 is 1.41 bits per heavy atom. The van der Waals surface area contributed by atoms with Crippen molar-refractivity contribution in [2.24, 2.45) is 5.92 Å². The van der Waals surface area contributed by atoms with E-state index in [1.54, 1.807) is 25.9 Å². The van der Waals surface area contributed by atoms with E-state index < -0.39 is 5.54 Å². The van der Waals surface area contributed by atoms with E-state index in [4.69, 9.17) is 4.74 Å². The van der Waals surface area contributed by atoms with Crippen LogP contribution in [0.15, 0.2) is 0 Å². The summed E-state index contributed by atoms with van der Waals surface area (Å²) in [6.45, 7) is 4.48.